The lowest BCUT2D eigenvalue weighted by Gasteiger charge is -2.34. The van der Waals surface area contributed by atoms with Crippen LogP contribution >= 0.6 is 0 Å². The number of methoxy groups -OCH3 is 1. The number of nitrogens with one attached hydrogen (secondary N) is 5. The van der Waals surface area contributed by atoms with E-state index in [9.17, 15) is 32.3 Å². The summed E-state index contributed by atoms with van der Waals surface area (Å²) < 4.78 is 56.5. The number of imidazole rings is 1. The molecule has 4 aliphatic carbocycles. The molecular formula is C44H59F3N8O7. The van der Waals surface area contributed by atoms with Crippen LogP contribution in [-0.4, -0.2) is 121 Å². The second-order valence-electron chi connectivity index (χ2n) is 17.8. The number of alkyl halides is 3. The number of ether oxygens (including phenoxy) is 3. The molecular weight excluding hydrogens is 810 g/mol. The van der Waals surface area contributed by atoms with Gasteiger partial charge < -0.3 is 45.5 Å². The summed E-state index contributed by atoms with van der Waals surface area (Å²) in [6.07, 6.45) is 6.30. The van der Waals surface area contributed by atoms with E-state index in [2.05, 4.69) is 37.9 Å². The van der Waals surface area contributed by atoms with Crippen LogP contribution in [0, 0.1) is 17.8 Å². The summed E-state index contributed by atoms with van der Waals surface area (Å²) in [7, 11) is 1.28. The normalized spacial score (nSPS) is 25.2. The number of alkyl carbamates (subject to hydrolysis) is 1. The monoisotopic (exact) mass is 868 g/mol. The van der Waals surface area contributed by atoms with E-state index in [1.807, 2.05) is 15.9 Å². The van der Waals surface area contributed by atoms with E-state index in [4.69, 9.17) is 14.5 Å². The van der Waals surface area contributed by atoms with Crippen LogP contribution in [0.15, 0.2) is 40.6 Å². The number of aromatic amines is 1. The zero-order valence-electron chi connectivity index (χ0n) is 35.5. The minimum Gasteiger partial charge on any atom is -0.453 e. The molecule has 0 aromatic carbocycles. The second-order valence-corrected chi connectivity index (χ2v) is 17.8. The maximum absolute atomic E-state index is 14.2. The Balaban J connectivity index is 0.899. The number of nitrogens with zero attached hydrogens (tertiary/aromatic N) is 3. The number of allylic oxidation sites excluding steroid dienone is 4. The number of hydrogen-bond donors (Lipinski definition) is 5. The number of aryl methyl sites for hydroxylation is 1. The fraction of sp³-hybridized carbons (Fsp3) is 0.659. The first-order valence-corrected chi connectivity index (χ1v) is 22.3. The van der Waals surface area contributed by atoms with Crippen molar-refractivity contribution >= 4 is 29.5 Å². The number of amides is 5. The SMILES string of the molecule is COC(=O)NC(C(=O)N1CC(C)CC1c1nc2c([nH]1)CCC1=C2CCC(C2=CCC(NC(=O)NCCNC3CCN(C(=O)C4CC4)CC3)=CC2OC(F)(F)F)=C1)C1CCOCC1. The number of aromatic nitrogens is 2. The summed E-state index contributed by atoms with van der Waals surface area (Å²) in [5, 5.41) is 11.7. The predicted octanol–water partition coefficient (Wildman–Crippen LogP) is 5.30. The first kappa shape index (κ1) is 43.9. The second kappa shape index (κ2) is 19.0. The van der Waals surface area contributed by atoms with Gasteiger partial charge in [-0.3, -0.25) is 14.3 Å². The number of carbonyl (C=O) groups excluding carboxylic acids is 4. The highest BCUT2D eigenvalue weighted by atomic mass is 19.4. The van der Waals surface area contributed by atoms with E-state index in [0.717, 1.165) is 66.9 Å². The number of carbonyl (C=O) groups is 4. The Morgan fingerprint density at radius 1 is 1.02 bits per heavy atom. The lowest BCUT2D eigenvalue weighted by Crippen LogP contribution is -2.53. The van der Waals surface area contributed by atoms with Gasteiger partial charge in [0.15, 0.2) is 0 Å². The van der Waals surface area contributed by atoms with Gasteiger partial charge in [0.25, 0.3) is 0 Å². The number of fused-ring (bicyclic) bond motifs is 2. The summed E-state index contributed by atoms with van der Waals surface area (Å²) in [5.74, 6) is 1.13. The average Bonchev–Trinajstić information content (AvgIpc) is 3.90. The fourth-order valence-electron chi connectivity index (χ4n) is 9.99. The zero-order valence-corrected chi connectivity index (χ0v) is 35.5. The van der Waals surface area contributed by atoms with Crippen LogP contribution in [-0.2, 0) is 30.2 Å². The Labute approximate surface area is 359 Å². The quantitative estimate of drug-likeness (QED) is 0.175. The largest absolute Gasteiger partial charge is 0.523 e. The van der Waals surface area contributed by atoms with Gasteiger partial charge >= 0.3 is 18.5 Å². The van der Waals surface area contributed by atoms with Gasteiger partial charge in [-0.1, -0.05) is 19.1 Å². The van der Waals surface area contributed by atoms with Gasteiger partial charge in [0.2, 0.25) is 11.8 Å². The first-order valence-electron chi connectivity index (χ1n) is 22.3. The molecule has 7 aliphatic rings. The van der Waals surface area contributed by atoms with E-state index in [-0.39, 0.29) is 48.1 Å². The zero-order chi connectivity index (χ0) is 43.5. The number of rotatable bonds is 12. The molecule has 5 N–H and O–H groups in total. The summed E-state index contributed by atoms with van der Waals surface area (Å²) in [6.45, 7) is 5.96. The number of urea groups is 1. The van der Waals surface area contributed by atoms with Crippen LogP contribution < -0.4 is 21.3 Å². The maximum atomic E-state index is 14.2. The van der Waals surface area contributed by atoms with Gasteiger partial charge in [0.1, 0.15) is 18.0 Å². The van der Waals surface area contributed by atoms with Crippen LogP contribution in [0.4, 0.5) is 22.8 Å². The van der Waals surface area contributed by atoms with Gasteiger partial charge in [0, 0.05) is 75.7 Å². The van der Waals surface area contributed by atoms with Crippen molar-refractivity contribution in [2.45, 2.75) is 115 Å². The molecule has 8 rings (SSSR count). The molecule has 1 aromatic rings. The van der Waals surface area contributed by atoms with Crippen molar-refractivity contribution in [2.24, 2.45) is 17.8 Å². The Morgan fingerprint density at radius 2 is 1.79 bits per heavy atom. The third-order valence-electron chi connectivity index (χ3n) is 13.4. The van der Waals surface area contributed by atoms with E-state index in [1.54, 1.807) is 6.08 Å². The molecule has 1 saturated carbocycles. The smallest absolute Gasteiger partial charge is 0.453 e. The Kier molecular flexibility index (Phi) is 13.4. The summed E-state index contributed by atoms with van der Waals surface area (Å²) in [4.78, 5) is 64.2. The molecule has 4 atom stereocenters. The van der Waals surface area contributed by atoms with E-state index >= 15 is 0 Å². The number of halogens is 3. The molecule has 3 aliphatic heterocycles. The highest BCUT2D eigenvalue weighted by Gasteiger charge is 2.43. The number of piperidine rings is 1. The molecule has 4 unspecified atom stereocenters. The van der Waals surface area contributed by atoms with Crippen molar-refractivity contribution in [3.05, 3.63) is 57.9 Å². The van der Waals surface area contributed by atoms with Gasteiger partial charge in [-0.25, -0.2) is 14.6 Å². The number of H-pyrrole nitrogens is 1. The standard InChI is InChI=1S/C44H59F3N8O7/c1-25-21-35(55(24-25)41(57)37(53-43(59)60-2)26-13-19-61-20-14-26)39-51-34-10-6-29-22-28(5-8-33(29)38(34)52-39)32-9-7-31(23-36(32)62-44(45,46)47)50-42(58)49-16-15-48-30-11-17-54(18-12-30)40(56)27-3-4-27/h9,22-23,25-27,30,35-37,48H,3-8,10-21,24H2,1-2H3,(H,51,52)(H,53,59)(H2,49,50,58). The molecule has 4 heterocycles. The van der Waals surface area contributed by atoms with E-state index in [0.29, 0.717) is 94.9 Å². The first-order chi connectivity index (χ1) is 29.8. The molecule has 1 aromatic heterocycles. The summed E-state index contributed by atoms with van der Waals surface area (Å²) in [5.41, 5.74) is 5.35. The topological polar surface area (TPSA) is 179 Å². The molecule has 4 fully saturated rings. The fourth-order valence-corrected chi connectivity index (χ4v) is 9.99. The predicted molar refractivity (Wildman–Crippen MR) is 221 cm³/mol. The van der Waals surface area contributed by atoms with Gasteiger partial charge in [0.05, 0.1) is 18.8 Å². The highest BCUT2D eigenvalue weighted by Crippen LogP contribution is 2.44. The molecule has 0 spiro atoms. The van der Waals surface area contributed by atoms with Crippen molar-refractivity contribution in [3.8, 4) is 0 Å². The summed E-state index contributed by atoms with van der Waals surface area (Å²) >= 11 is 0. The van der Waals surface area contributed by atoms with Crippen molar-refractivity contribution in [1.82, 2.24) is 41.0 Å². The molecule has 18 heteroatoms. The maximum Gasteiger partial charge on any atom is 0.523 e. The molecule has 3 saturated heterocycles. The third kappa shape index (κ3) is 10.4. The Hall–Kier alpha value is -4.68. The van der Waals surface area contributed by atoms with Crippen LogP contribution in [0.2, 0.25) is 0 Å². The third-order valence-corrected chi connectivity index (χ3v) is 13.4. The van der Waals surface area contributed by atoms with Crippen LogP contribution in [0.5, 0.6) is 0 Å². The number of hydrogen-bond acceptors (Lipinski definition) is 9. The van der Waals surface area contributed by atoms with Crippen molar-refractivity contribution in [1.29, 1.82) is 0 Å². The van der Waals surface area contributed by atoms with Crippen LogP contribution in [0.25, 0.3) is 5.57 Å². The Bertz CT molecular complexity index is 1990. The van der Waals surface area contributed by atoms with Gasteiger partial charge in [-0.15, -0.1) is 13.2 Å². The molecule has 62 heavy (non-hydrogen) atoms. The lowest BCUT2D eigenvalue weighted by molar-refractivity contribution is -0.331. The van der Waals surface area contributed by atoms with E-state index < -0.39 is 30.6 Å². The van der Waals surface area contributed by atoms with Gasteiger partial charge in [-0.05, 0) is 111 Å². The number of likely N-dealkylation sites (tertiary alicyclic amines) is 2. The molecule has 0 bridgehead atoms. The van der Waals surface area contributed by atoms with Crippen LogP contribution in [0.1, 0.15) is 101 Å². The minimum atomic E-state index is -4.91. The summed E-state index contributed by atoms with van der Waals surface area (Å²) in [6, 6.07) is -1.32. The molecule has 338 valence electrons. The molecule has 5 amide bonds. The molecule has 15 nitrogen and oxygen atoms in total. The van der Waals surface area contributed by atoms with Crippen molar-refractivity contribution < 1.29 is 46.6 Å². The van der Waals surface area contributed by atoms with Crippen molar-refractivity contribution in [3.63, 3.8) is 0 Å². The Morgan fingerprint density at radius 3 is 2.52 bits per heavy atom. The average molecular weight is 869 g/mol. The molecule has 0 radical (unpaired) electrons. The highest BCUT2D eigenvalue weighted by molar-refractivity contribution is 5.87. The van der Waals surface area contributed by atoms with E-state index in [1.165, 1.54) is 13.2 Å². The lowest BCUT2D eigenvalue weighted by atomic mass is 9.80. The van der Waals surface area contributed by atoms with Gasteiger partial charge in [-0.2, -0.15) is 0 Å². The van der Waals surface area contributed by atoms with Crippen LogP contribution in [0.3, 0.4) is 0 Å². The van der Waals surface area contributed by atoms with Crippen molar-refractivity contribution in [2.75, 3.05) is 53.0 Å². The minimum absolute atomic E-state index is 0.0883.